The van der Waals surface area contributed by atoms with Crippen LogP contribution >= 0.6 is 0 Å². The first-order valence-corrected chi connectivity index (χ1v) is 5.79. The third-order valence-corrected chi connectivity index (χ3v) is 2.57. The summed E-state index contributed by atoms with van der Waals surface area (Å²) >= 11 is 0. The topological polar surface area (TPSA) is 61.9 Å². The summed E-state index contributed by atoms with van der Waals surface area (Å²) in [5.74, 6) is -0.343. The molecule has 0 saturated heterocycles. The SMILES string of the molecule is CCOC(=O)c1cnn(Cc2cc(C)nn2C)c1. The molecule has 6 heteroatoms. The minimum absolute atomic E-state index is 0.343. The van der Waals surface area contributed by atoms with E-state index in [1.54, 1.807) is 22.5 Å². The molecular weight excluding hydrogens is 232 g/mol. The molecule has 96 valence electrons. The third-order valence-electron chi connectivity index (χ3n) is 2.57. The lowest BCUT2D eigenvalue weighted by Crippen LogP contribution is -2.06. The van der Waals surface area contributed by atoms with E-state index in [1.165, 1.54) is 6.20 Å². The lowest BCUT2D eigenvalue weighted by atomic mass is 10.3. The van der Waals surface area contributed by atoms with Gasteiger partial charge in [-0.15, -0.1) is 0 Å². The van der Waals surface area contributed by atoms with Crippen LogP contribution in [0.2, 0.25) is 0 Å². The lowest BCUT2D eigenvalue weighted by Gasteiger charge is -2.01. The van der Waals surface area contributed by atoms with Crippen LogP contribution in [0.3, 0.4) is 0 Å². The van der Waals surface area contributed by atoms with Crippen LogP contribution in [0, 0.1) is 6.92 Å². The van der Waals surface area contributed by atoms with Crippen molar-refractivity contribution in [3.8, 4) is 0 Å². The standard InChI is InChI=1S/C12H16N4O2/c1-4-18-12(17)10-6-13-16(7-10)8-11-5-9(2)14-15(11)3/h5-7H,4,8H2,1-3H3. The van der Waals surface area contributed by atoms with Crippen LogP contribution in [0.4, 0.5) is 0 Å². The molecule has 0 saturated carbocycles. The number of hydrogen-bond donors (Lipinski definition) is 0. The van der Waals surface area contributed by atoms with Gasteiger partial charge in [0, 0.05) is 13.2 Å². The predicted molar refractivity (Wildman–Crippen MR) is 65.2 cm³/mol. The van der Waals surface area contributed by atoms with Crippen molar-refractivity contribution in [2.45, 2.75) is 20.4 Å². The van der Waals surface area contributed by atoms with Crippen molar-refractivity contribution >= 4 is 5.97 Å². The minimum atomic E-state index is -0.343. The molecule has 18 heavy (non-hydrogen) atoms. The minimum Gasteiger partial charge on any atom is -0.462 e. The molecule has 2 rings (SSSR count). The fourth-order valence-electron chi connectivity index (χ4n) is 1.75. The van der Waals surface area contributed by atoms with Crippen LogP contribution in [0.5, 0.6) is 0 Å². The van der Waals surface area contributed by atoms with Gasteiger partial charge >= 0.3 is 5.97 Å². The van der Waals surface area contributed by atoms with Crippen molar-refractivity contribution in [3.05, 3.63) is 35.4 Å². The zero-order valence-electron chi connectivity index (χ0n) is 10.8. The molecule has 0 aliphatic carbocycles. The highest BCUT2D eigenvalue weighted by atomic mass is 16.5. The average molecular weight is 248 g/mol. The summed E-state index contributed by atoms with van der Waals surface area (Å²) in [6, 6.07) is 1.99. The molecule has 0 radical (unpaired) electrons. The van der Waals surface area contributed by atoms with Gasteiger partial charge in [-0.05, 0) is 19.9 Å². The molecule has 0 atom stereocenters. The van der Waals surface area contributed by atoms with Crippen LogP contribution in [-0.2, 0) is 18.3 Å². The molecule has 2 aromatic rings. The van der Waals surface area contributed by atoms with Crippen LogP contribution < -0.4 is 0 Å². The Morgan fingerprint density at radius 3 is 2.89 bits per heavy atom. The highest BCUT2D eigenvalue weighted by molar-refractivity contribution is 5.88. The number of carbonyl (C=O) groups excluding carboxylic acids is 1. The first kappa shape index (κ1) is 12.3. The smallest absolute Gasteiger partial charge is 0.341 e. The monoisotopic (exact) mass is 248 g/mol. The molecular formula is C12H16N4O2. The van der Waals surface area contributed by atoms with E-state index in [4.69, 9.17) is 4.74 Å². The van der Waals surface area contributed by atoms with E-state index in [0.29, 0.717) is 18.7 Å². The zero-order chi connectivity index (χ0) is 13.1. The molecule has 0 bridgehead atoms. The summed E-state index contributed by atoms with van der Waals surface area (Å²) < 4.78 is 8.41. The van der Waals surface area contributed by atoms with E-state index in [1.807, 2.05) is 20.0 Å². The highest BCUT2D eigenvalue weighted by Crippen LogP contribution is 2.06. The van der Waals surface area contributed by atoms with Crippen molar-refractivity contribution < 1.29 is 9.53 Å². The summed E-state index contributed by atoms with van der Waals surface area (Å²) in [4.78, 5) is 11.5. The maximum atomic E-state index is 11.5. The highest BCUT2D eigenvalue weighted by Gasteiger charge is 2.10. The number of ether oxygens (including phenoxy) is 1. The predicted octanol–water partition coefficient (Wildman–Crippen LogP) is 1.15. The van der Waals surface area contributed by atoms with Gasteiger partial charge < -0.3 is 4.74 Å². The number of nitrogens with zero attached hydrogens (tertiary/aromatic N) is 4. The number of esters is 1. The largest absolute Gasteiger partial charge is 0.462 e. The third kappa shape index (κ3) is 2.58. The van der Waals surface area contributed by atoms with Crippen LogP contribution in [0.25, 0.3) is 0 Å². The molecule has 0 amide bonds. The summed E-state index contributed by atoms with van der Waals surface area (Å²) in [6.07, 6.45) is 3.20. The summed E-state index contributed by atoms with van der Waals surface area (Å²) in [6.45, 7) is 4.67. The van der Waals surface area contributed by atoms with Gasteiger partial charge in [-0.1, -0.05) is 0 Å². The number of hydrogen-bond acceptors (Lipinski definition) is 4. The number of rotatable bonds is 4. The second-order valence-electron chi connectivity index (χ2n) is 4.05. The van der Waals surface area contributed by atoms with Crippen LogP contribution in [-0.4, -0.2) is 32.1 Å². The summed E-state index contributed by atoms with van der Waals surface area (Å²) in [5, 5.41) is 8.40. The van der Waals surface area contributed by atoms with Gasteiger partial charge in [0.1, 0.15) is 0 Å². The molecule has 0 N–H and O–H groups in total. The van der Waals surface area contributed by atoms with Crippen molar-refractivity contribution in [2.24, 2.45) is 7.05 Å². The van der Waals surface area contributed by atoms with E-state index >= 15 is 0 Å². The molecule has 0 aliphatic heterocycles. The molecule has 0 fully saturated rings. The average Bonchev–Trinajstić information content (AvgIpc) is 2.88. The first-order chi connectivity index (χ1) is 8.60. The second-order valence-corrected chi connectivity index (χ2v) is 4.05. The van der Waals surface area contributed by atoms with E-state index in [9.17, 15) is 4.79 Å². The number of carbonyl (C=O) groups is 1. The van der Waals surface area contributed by atoms with Crippen LogP contribution in [0.1, 0.15) is 28.7 Å². The summed E-state index contributed by atoms with van der Waals surface area (Å²) in [7, 11) is 1.89. The first-order valence-electron chi connectivity index (χ1n) is 5.79. The quantitative estimate of drug-likeness (QED) is 0.761. The molecule has 6 nitrogen and oxygen atoms in total. The number of aromatic nitrogens is 4. The normalized spacial score (nSPS) is 10.6. The Bertz CT molecular complexity index is 556. The fraction of sp³-hybridized carbons (Fsp3) is 0.417. The maximum absolute atomic E-state index is 11.5. The van der Waals surface area contributed by atoms with Gasteiger partial charge in [-0.25, -0.2) is 4.79 Å². The Labute approximate surface area is 105 Å². The van der Waals surface area contributed by atoms with Crippen molar-refractivity contribution in [1.29, 1.82) is 0 Å². The van der Waals surface area contributed by atoms with E-state index in [2.05, 4.69) is 10.2 Å². The molecule has 0 unspecified atom stereocenters. The van der Waals surface area contributed by atoms with Gasteiger partial charge in [-0.3, -0.25) is 9.36 Å². The van der Waals surface area contributed by atoms with Gasteiger partial charge in [-0.2, -0.15) is 10.2 Å². The van der Waals surface area contributed by atoms with Gasteiger partial charge in [0.15, 0.2) is 0 Å². The fourth-order valence-corrected chi connectivity index (χ4v) is 1.75. The van der Waals surface area contributed by atoms with E-state index < -0.39 is 0 Å². The molecule has 0 aliphatic rings. The Kier molecular flexibility index (Phi) is 3.45. The van der Waals surface area contributed by atoms with E-state index in [-0.39, 0.29) is 5.97 Å². The van der Waals surface area contributed by atoms with Crippen molar-refractivity contribution in [3.63, 3.8) is 0 Å². The summed E-state index contributed by atoms with van der Waals surface area (Å²) in [5.41, 5.74) is 2.46. The van der Waals surface area contributed by atoms with Gasteiger partial charge in [0.25, 0.3) is 0 Å². The maximum Gasteiger partial charge on any atom is 0.341 e. The Morgan fingerprint density at radius 1 is 1.50 bits per heavy atom. The molecule has 2 aromatic heterocycles. The van der Waals surface area contributed by atoms with Gasteiger partial charge in [0.05, 0.1) is 36.3 Å². The van der Waals surface area contributed by atoms with Crippen molar-refractivity contribution in [1.82, 2.24) is 19.6 Å². The van der Waals surface area contributed by atoms with Crippen molar-refractivity contribution in [2.75, 3.05) is 6.61 Å². The molecule has 0 aromatic carbocycles. The Morgan fingerprint density at radius 2 is 2.28 bits per heavy atom. The lowest BCUT2D eigenvalue weighted by molar-refractivity contribution is 0.0526. The zero-order valence-corrected chi connectivity index (χ0v) is 10.8. The van der Waals surface area contributed by atoms with Crippen LogP contribution in [0.15, 0.2) is 18.5 Å². The second kappa shape index (κ2) is 5.03. The molecule has 0 spiro atoms. The number of aryl methyl sites for hydroxylation is 2. The molecule has 2 heterocycles. The Hall–Kier alpha value is -2.11. The Balaban J connectivity index is 2.11. The van der Waals surface area contributed by atoms with E-state index in [0.717, 1.165) is 11.4 Å². The van der Waals surface area contributed by atoms with Gasteiger partial charge in [0.2, 0.25) is 0 Å².